The number of carbonyl (C=O) groups is 1. The Hall–Kier alpha value is -1.46. The number of carbonyl (C=O) groups excluding carboxylic acids is 1. The lowest BCUT2D eigenvalue weighted by Crippen LogP contribution is -2.42. The standard InChI is InChI=1S/C15H21N5O3S3/c1-2-6-19(12-5-8-26(22,23)11-12)14(21)10-25-15-16-17-18-20(15)9-13-4-3-7-24-13/h3-4,7,12H,2,5-6,8-11H2,1H3/t12-/m1/s1. The fourth-order valence-electron chi connectivity index (χ4n) is 2.93. The smallest absolute Gasteiger partial charge is 0.233 e. The predicted molar refractivity (Wildman–Crippen MR) is 101 cm³/mol. The average molecular weight is 416 g/mol. The molecule has 11 heteroatoms. The van der Waals surface area contributed by atoms with Crippen molar-refractivity contribution in [3.63, 3.8) is 0 Å². The third-order valence-corrected chi connectivity index (χ3v) is 7.70. The van der Waals surface area contributed by atoms with Crippen LogP contribution in [-0.4, -0.2) is 69.3 Å². The molecule has 0 bridgehead atoms. The van der Waals surface area contributed by atoms with Gasteiger partial charge in [0.15, 0.2) is 9.84 Å². The second-order valence-corrected chi connectivity index (χ2v) is 10.3. The van der Waals surface area contributed by atoms with Crippen LogP contribution in [0.25, 0.3) is 0 Å². The molecule has 1 fully saturated rings. The molecule has 1 saturated heterocycles. The number of thioether (sulfide) groups is 1. The predicted octanol–water partition coefficient (Wildman–Crippen LogP) is 1.30. The molecular formula is C15H21N5O3S3. The fraction of sp³-hybridized carbons (Fsp3) is 0.600. The first-order valence-electron chi connectivity index (χ1n) is 8.39. The zero-order valence-electron chi connectivity index (χ0n) is 14.4. The Morgan fingerprint density at radius 3 is 3.00 bits per heavy atom. The highest BCUT2D eigenvalue weighted by atomic mass is 32.2. The monoisotopic (exact) mass is 415 g/mol. The maximum atomic E-state index is 12.7. The van der Waals surface area contributed by atoms with Gasteiger partial charge in [0.1, 0.15) is 0 Å². The van der Waals surface area contributed by atoms with Crippen molar-refractivity contribution < 1.29 is 13.2 Å². The quantitative estimate of drug-likeness (QED) is 0.599. The second kappa shape index (κ2) is 8.49. The largest absolute Gasteiger partial charge is 0.338 e. The molecule has 0 saturated carbocycles. The summed E-state index contributed by atoms with van der Waals surface area (Å²) in [6, 6.07) is 3.77. The summed E-state index contributed by atoms with van der Waals surface area (Å²) in [5.41, 5.74) is 0. The molecule has 8 nitrogen and oxygen atoms in total. The molecule has 1 amide bonds. The summed E-state index contributed by atoms with van der Waals surface area (Å²) < 4.78 is 25.2. The Morgan fingerprint density at radius 2 is 2.35 bits per heavy atom. The number of tetrazole rings is 1. The Morgan fingerprint density at radius 1 is 1.50 bits per heavy atom. The van der Waals surface area contributed by atoms with Crippen LogP contribution in [-0.2, 0) is 21.2 Å². The number of thiophene rings is 1. The van der Waals surface area contributed by atoms with Gasteiger partial charge in [-0.3, -0.25) is 4.79 Å². The first kappa shape index (κ1) is 19.3. The van der Waals surface area contributed by atoms with Gasteiger partial charge in [-0.1, -0.05) is 24.8 Å². The van der Waals surface area contributed by atoms with Crippen LogP contribution in [0.4, 0.5) is 0 Å². The minimum Gasteiger partial charge on any atom is -0.338 e. The van der Waals surface area contributed by atoms with Crippen molar-refractivity contribution in [3.05, 3.63) is 22.4 Å². The first-order valence-corrected chi connectivity index (χ1v) is 12.1. The molecule has 0 aromatic carbocycles. The van der Waals surface area contributed by atoms with Crippen LogP contribution in [0.5, 0.6) is 0 Å². The third-order valence-electron chi connectivity index (χ3n) is 4.14. The normalized spacial score (nSPS) is 18.9. The van der Waals surface area contributed by atoms with Crippen molar-refractivity contribution in [1.29, 1.82) is 0 Å². The number of sulfone groups is 1. The van der Waals surface area contributed by atoms with Crippen LogP contribution in [0, 0.1) is 0 Å². The highest BCUT2D eigenvalue weighted by Gasteiger charge is 2.34. The summed E-state index contributed by atoms with van der Waals surface area (Å²) in [6.07, 6.45) is 1.32. The van der Waals surface area contributed by atoms with Gasteiger partial charge in [0.05, 0.1) is 23.8 Å². The topological polar surface area (TPSA) is 98.1 Å². The summed E-state index contributed by atoms with van der Waals surface area (Å²) in [6.45, 7) is 3.12. The maximum Gasteiger partial charge on any atom is 0.233 e. The molecule has 1 atom stereocenters. The van der Waals surface area contributed by atoms with Crippen molar-refractivity contribution in [3.8, 4) is 0 Å². The van der Waals surface area contributed by atoms with Crippen molar-refractivity contribution in [2.45, 2.75) is 37.5 Å². The second-order valence-electron chi connectivity index (χ2n) is 6.13. The minimum absolute atomic E-state index is 0.0652. The number of nitrogens with zero attached hydrogens (tertiary/aromatic N) is 5. The molecule has 2 aromatic heterocycles. The lowest BCUT2D eigenvalue weighted by Gasteiger charge is -2.27. The Labute approximate surface area is 160 Å². The molecule has 1 aliphatic rings. The zero-order chi connectivity index (χ0) is 18.6. The minimum atomic E-state index is -3.02. The van der Waals surface area contributed by atoms with E-state index < -0.39 is 9.84 Å². The van der Waals surface area contributed by atoms with Crippen LogP contribution in [0.15, 0.2) is 22.7 Å². The molecular weight excluding hydrogens is 394 g/mol. The molecule has 26 heavy (non-hydrogen) atoms. The number of hydrogen-bond donors (Lipinski definition) is 0. The number of aromatic nitrogens is 4. The molecule has 3 rings (SSSR count). The molecule has 2 aromatic rings. The van der Waals surface area contributed by atoms with Gasteiger partial charge in [-0.25, -0.2) is 13.1 Å². The van der Waals surface area contributed by atoms with Crippen LogP contribution in [0.3, 0.4) is 0 Å². The van der Waals surface area contributed by atoms with Crippen LogP contribution < -0.4 is 0 Å². The molecule has 3 heterocycles. The molecule has 1 aliphatic heterocycles. The van der Waals surface area contributed by atoms with E-state index in [0.717, 1.165) is 11.3 Å². The molecule has 0 N–H and O–H groups in total. The summed E-state index contributed by atoms with van der Waals surface area (Å²) in [7, 11) is -3.02. The number of amides is 1. The summed E-state index contributed by atoms with van der Waals surface area (Å²) in [5.74, 6) is 0.364. The van der Waals surface area contributed by atoms with E-state index in [-0.39, 0.29) is 29.2 Å². The third kappa shape index (κ3) is 4.83. The molecule has 0 aliphatic carbocycles. The maximum absolute atomic E-state index is 12.7. The molecule has 0 spiro atoms. The van der Waals surface area contributed by atoms with Crippen LogP contribution in [0.1, 0.15) is 24.6 Å². The highest BCUT2D eigenvalue weighted by molar-refractivity contribution is 7.99. The van der Waals surface area contributed by atoms with Gasteiger partial charge in [0.25, 0.3) is 0 Å². The van der Waals surface area contributed by atoms with Gasteiger partial charge >= 0.3 is 0 Å². The Bertz CT molecular complexity index is 835. The summed E-state index contributed by atoms with van der Waals surface area (Å²) >= 11 is 2.91. The Kier molecular flexibility index (Phi) is 6.30. The van der Waals surface area contributed by atoms with E-state index >= 15 is 0 Å². The van der Waals surface area contributed by atoms with E-state index in [4.69, 9.17) is 0 Å². The van der Waals surface area contributed by atoms with Crippen LogP contribution in [0.2, 0.25) is 0 Å². The van der Waals surface area contributed by atoms with Gasteiger partial charge in [-0.15, -0.1) is 16.4 Å². The van der Waals surface area contributed by atoms with E-state index in [9.17, 15) is 13.2 Å². The van der Waals surface area contributed by atoms with E-state index in [1.807, 2.05) is 24.4 Å². The van der Waals surface area contributed by atoms with Crippen molar-refractivity contribution in [1.82, 2.24) is 25.1 Å². The van der Waals surface area contributed by atoms with E-state index in [2.05, 4.69) is 15.5 Å². The highest BCUT2D eigenvalue weighted by Crippen LogP contribution is 2.22. The van der Waals surface area contributed by atoms with E-state index in [1.54, 1.807) is 20.9 Å². The first-order chi connectivity index (χ1) is 12.5. The lowest BCUT2D eigenvalue weighted by atomic mass is 10.2. The number of hydrogen-bond acceptors (Lipinski definition) is 8. The van der Waals surface area contributed by atoms with Gasteiger partial charge < -0.3 is 4.90 Å². The summed E-state index contributed by atoms with van der Waals surface area (Å²) in [4.78, 5) is 15.5. The van der Waals surface area contributed by atoms with Gasteiger partial charge in [0, 0.05) is 17.5 Å². The average Bonchev–Trinajstić information content (AvgIpc) is 3.33. The van der Waals surface area contributed by atoms with Gasteiger partial charge in [0.2, 0.25) is 11.1 Å². The van der Waals surface area contributed by atoms with E-state index in [1.165, 1.54) is 11.8 Å². The van der Waals surface area contributed by atoms with E-state index in [0.29, 0.717) is 24.7 Å². The fourth-order valence-corrected chi connectivity index (χ4v) is 6.11. The van der Waals surface area contributed by atoms with Crippen LogP contribution >= 0.6 is 23.1 Å². The lowest BCUT2D eigenvalue weighted by molar-refractivity contribution is -0.130. The number of rotatable bonds is 8. The van der Waals surface area contributed by atoms with Crippen molar-refractivity contribution >= 4 is 38.8 Å². The molecule has 0 radical (unpaired) electrons. The Balaban J connectivity index is 1.61. The van der Waals surface area contributed by atoms with Gasteiger partial charge in [-0.05, 0) is 34.7 Å². The zero-order valence-corrected chi connectivity index (χ0v) is 16.9. The van der Waals surface area contributed by atoms with Gasteiger partial charge in [-0.2, -0.15) is 0 Å². The summed E-state index contributed by atoms with van der Waals surface area (Å²) in [5, 5.41) is 14.3. The molecule has 0 unspecified atom stereocenters. The van der Waals surface area contributed by atoms with Crippen molar-refractivity contribution in [2.75, 3.05) is 23.8 Å². The SMILES string of the molecule is CCCN(C(=O)CSc1nnnn1Cc1cccs1)[C@@H]1CCS(=O)(=O)C1. The molecule has 142 valence electrons. The van der Waals surface area contributed by atoms with Crippen molar-refractivity contribution in [2.24, 2.45) is 0 Å².